The standard InChI is InChI=1S/C17H32N2/c1-14(2)17(8-9-18-12-17)13-19-10-6-15(7-11-19)16(3,4)5/h6,14,18H,7-13H2,1-5H3. The Morgan fingerprint density at radius 3 is 2.53 bits per heavy atom. The van der Waals surface area contributed by atoms with Gasteiger partial charge in [0.05, 0.1) is 0 Å². The van der Waals surface area contributed by atoms with Crippen molar-refractivity contribution in [1.29, 1.82) is 0 Å². The van der Waals surface area contributed by atoms with Gasteiger partial charge in [0.15, 0.2) is 0 Å². The SMILES string of the molecule is CC(C)C1(CN2CC=C(C(C)(C)C)CC2)CCNC1. The smallest absolute Gasteiger partial charge is 0.0166 e. The Morgan fingerprint density at radius 1 is 1.37 bits per heavy atom. The Hall–Kier alpha value is -0.340. The van der Waals surface area contributed by atoms with Crippen LogP contribution >= 0.6 is 0 Å². The summed E-state index contributed by atoms with van der Waals surface area (Å²) in [5, 5.41) is 3.58. The molecule has 0 saturated carbocycles. The van der Waals surface area contributed by atoms with Crippen molar-refractivity contribution in [2.24, 2.45) is 16.7 Å². The van der Waals surface area contributed by atoms with E-state index in [9.17, 15) is 0 Å². The third-order valence-corrected chi connectivity index (χ3v) is 5.30. The fourth-order valence-corrected chi connectivity index (χ4v) is 3.55. The molecule has 0 aliphatic carbocycles. The molecule has 0 radical (unpaired) electrons. The summed E-state index contributed by atoms with van der Waals surface area (Å²) < 4.78 is 0. The Balaban J connectivity index is 1.97. The molecule has 0 bridgehead atoms. The zero-order valence-corrected chi connectivity index (χ0v) is 13.6. The predicted molar refractivity (Wildman–Crippen MR) is 83.4 cm³/mol. The molecule has 2 aliphatic heterocycles. The molecule has 2 heteroatoms. The Bertz CT molecular complexity index is 330. The molecule has 0 aromatic rings. The molecule has 0 spiro atoms. The molecule has 2 heterocycles. The van der Waals surface area contributed by atoms with Gasteiger partial charge in [-0.15, -0.1) is 0 Å². The first-order chi connectivity index (χ1) is 8.83. The second kappa shape index (κ2) is 5.57. The second-order valence-electron chi connectivity index (χ2n) is 7.91. The molecular weight excluding hydrogens is 232 g/mol. The zero-order chi connectivity index (χ0) is 14.1. The third-order valence-electron chi connectivity index (χ3n) is 5.30. The molecule has 0 aromatic carbocycles. The van der Waals surface area contributed by atoms with Crippen LogP contribution < -0.4 is 5.32 Å². The molecule has 0 amide bonds. The van der Waals surface area contributed by atoms with Crippen LogP contribution in [-0.4, -0.2) is 37.6 Å². The van der Waals surface area contributed by atoms with Crippen molar-refractivity contribution < 1.29 is 0 Å². The molecular formula is C17H32N2. The highest BCUT2D eigenvalue weighted by Gasteiger charge is 2.38. The molecule has 2 rings (SSSR count). The minimum atomic E-state index is 0.358. The highest BCUT2D eigenvalue weighted by molar-refractivity contribution is 5.15. The highest BCUT2D eigenvalue weighted by Crippen LogP contribution is 2.36. The third kappa shape index (κ3) is 3.41. The summed E-state index contributed by atoms with van der Waals surface area (Å²) in [5.41, 5.74) is 2.51. The van der Waals surface area contributed by atoms with Gasteiger partial charge in [-0.2, -0.15) is 0 Å². The normalized spacial score (nSPS) is 29.9. The first-order valence-electron chi connectivity index (χ1n) is 7.96. The lowest BCUT2D eigenvalue weighted by atomic mass is 9.75. The van der Waals surface area contributed by atoms with Crippen molar-refractivity contribution in [3.8, 4) is 0 Å². The van der Waals surface area contributed by atoms with E-state index in [0.29, 0.717) is 10.8 Å². The lowest BCUT2D eigenvalue weighted by Gasteiger charge is -2.40. The van der Waals surface area contributed by atoms with Crippen LogP contribution in [-0.2, 0) is 0 Å². The highest BCUT2D eigenvalue weighted by atomic mass is 15.1. The Morgan fingerprint density at radius 2 is 2.11 bits per heavy atom. The quantitative estimate of drug-likeness (QED) is 0.787. The summed E-state index contributed by atoms with van der Waals surface area (Å²) in [7, 11) is 0. The summed E-state index contributed by atoms with van der Waals surface area (Å²) >= 11 is 0. The Kier molecular flexibility index (Phi) is 4.42. The van der Waals surface area contributed by atoms with Crippen LogP contribution in [0.5, 0.6) is 0 Å². The maximum atomic E-state index is 3.58. The molecule has 19 heavy (non-hydrogen) atoms. The van der Waals surface area contributed by atoms with Crippen LogP contribution in [0.15, 0.2) is 11.6 Å². The van der Waals surface area contributed by atoms with Gasteiger partial charge in [-0.25, -0.2) is 0 Å². The van der Waals surface area contributed by atoms with Gasteiger partial charge in [-0.3, -0.25) is 4.90 Å². The summed E-state index contributed by atoms with van der Waals surface area (Å²) in [6.07, 6.45) is 5.09. The van der Waals surface area contributed by atoms with Crippen LogP contribution in [0.25, 0.3) is 0 Å². The van der Waals surface area contributed by atoms with E-state index >= 15 is 0 Å². The van der Waals surface area contributed by atoms with E-state index in [0.717, 1.165) is 12.5 Å². The van der Waals surface area contributed by atoms with Gasteiger partial charge in [-0.05, 0) is 36.1 Å². The second-order valence-corrected chi connectivity index (χ2v) is 7.91. The van der Waals surface area contributed by atoms with E-state index in [1.54, 1.807) is 5.57 Å². The zero-order valence-electron chi connectivity index (χ0n) is 13.6. The van der Waals surface area contributed by atoms with Gasteiger partial charge >= 0.3 is 0 Å². The van der Waals surface area contributed by atoms with E-state index in [-0.39, 0.29) is 0 Å². The van der Waals surface area contributed by atoms with Gasteiger partial charge < -0.3 is 5.32 Å². The predicted octanol–water partition coefficient (Wildman–Crippen LogP) is 3.30. The van der Waals surface area contributed by atoms with E-state index in [1.165, 1.54) is 39.0 Å². The first-order valence-corrected chi connectivity index (χ1v) is 7.96. The van der Waals surface area contributed by atoms with Crippen molar-refractivity contribution >= 4 is 0 Å². The van der Waals surface area contributed by atoms with E-state index in [4.69, 9.17) is 0 Å². The number of nitrogens with zero attached hydrogens (tertiary/aromatic N) is 1. The van der Waals surface area contributed by atoms with Gasteiger partial charge in [0.1, 0.15) is 0 Å². The van der Waals surface area contributed by atoms with Crippen LogP contribution in [0.1, 0.15) is 47.5 Å². The summed E-state index contributed by atoms with van der Waals surface area (Å²) in [4.78, 5) is 2.67. The van der Waals surface area contributed by atoms with E-state index in [2.05, 4.69) is 50.9 Å². The molecule has 2 aliphatic rings. The molecule has 1 fully saturated rings. The molecule has 2 nitrogen and oxygen atoms in total. The fraction of sp³-hybridized carbons (Fsp3) is 0.882. The molecule has 1 saturated heterocycles. The summed E-state index contributed by atoms with van der Waals surface area (Å²) in [5.74, 6) is 0.774. The van der Waals surface area contributed by atoms with Crippen LogP contribution in [0.4, 0.5) is 0 Å². The van der Waals surface area contributed by atoms with Crippen LogP contribution in [0, 0.1) is 16.7 Å². The average molecular weight is 264 g/mol. The van der Waals surface area contributed by atoms with Gasteiger partial charge in [0.25, 0.3) is 0 Å². The number of hydrogen-bond donors (Lipinski definition) is 1. The average Bonchev–Trinajstić information content (AvgIpc) is 2.78. The number of rotatable bonds is 3. The Labute approximate surface area is 119 Å². The molecule has 1 unspecified atom stereocenters. The molecule has 1 N–H and O–H groups in total. The van der Waals surface area contributed by atoms with Crippen molar-refractivity contribution in [1.82, 2.24) is 10.2 Å². The maximum absolute atomic E-state index is 3.58. The van der Waals surface area contributed by atoms with Crippen molar-refractivity contribution in [3.63, 3.8) is 0 Å². The number of hydrogen-bond acceptors (Lipinski definition) is 2. The van der Waals surface area contributed by atoms with Crippen molar-refractivity contribution in [2.45, 2.75) is 47.5 Å². The molecule has 1 atom stereocenters. The van der Waals surface area contributed by atoms with Gasteiger partial charge in [0.2, 0.25) is 0 Å². The van der Waals surface area contributed by atoms with E-state index in [1.807, 2.05) is 0 Å². The lowest BCUT2D eigenvalue weighted by Crippen LogP contribution is -2.44. The van der Waals surface area contributed by atoms with E-state index < -0.39 is 0 Å². The molecule has 0 aromatic heterocycles. The van der Waals surface area contributed by atoms with Gasteiger partial charge in [-0.1, -0.05) is 46.3 Å². The monoisotopic (exact) mass is 264 g/mol. The topological polar surface area (TPSA) is 15.3 Å². The summed E-state index contributed by atoms with van der Waals surface area (Å²) in [6.45, 7) is 17.9. The number of nitrogens with one attached hydrogen (secondary N) is 1. The van der Waals surface area contributed by atoms with Crippen LogP contribution in [0.2, 0.25) is 0 Å². The van der Waals surface area contributed by atoms with Gasteiger partial charge in [0, 0.05) is 26.2 Å². The molecule has 110 valence electrons. The fourth-order valence-electron chi connectivity index (χ4n) is 3.55. The van der Waals surface area contributed by atoms with Crippen molar-refractivity contribution in [3.05, 3.63) is 11.6 Å². The lowest BCUT2D eigenvalue weighted by molar-refractivity contribution is 0.121. The maximum Gasteiger partial charge on any atom is 0.0166 e. The van der Waals surface area contributed by atoms with Crippen molar-refractivity contribution in [2.75, 3.05) is 32.7 Å². The minimum absolute atomic E-state index is 0.358. The summed E-state index contributed by atoms with van der Waals surface area (Å²) in [6, 6.07) is 0. The largest absolute Gasteiger partial charge is 0.316 e. The van der Waals surface area contributed by atoms with Crippen LogP contribution in [0.3, 0.4) is 0 Å². The minimum Gasteiger partial charge on any atom is -0.316 e. The first kappa shape index (κ1) is 15.1.